The number of hydrogen-bond donors (Lipinski definition) is 0. The highest BCUT2D eigenvalue weighted by Crippen LogP contribution is 2.19. The summed E-state index contributed by atoms with van der Waals surface area (Å²) in [6, 6.07) is 6.14. The molecule has 0 saturated carbocycles. The zero-order chi connectivity index (χ0) is 9.68. The van der Waals surface area contributed by atoms with E-state index in [0.717, 1.165) is 22.5 Å². The molecule has 0 bridgehead atoms. The molecule has 0 atom stereocenters. The number of alkyl halides is 1. The van der Waals surface area contributed by atoms with E-state index < -0.39 is 0 Å². The van der Waals surface area contributed by atoms with Crippen molar-refractivity contribution in [2.45, 2.75) is 18.2 Å². The van der Waals surface area contributed by atoms with E-state index in [1.54, 1.807) is 0 Å². The van der Waals surface area contributed by atoms with Crippen LogP contribution in [0.3, 0.4) is 0 Å². The van der Waals surface area contributed by atoms with Crippen LogP contribution in [0.15, 0.2) is 22.7 Å². The Balaban J connectivity index is 2.85. The molecule has 3 heteroatoms. The first-order chi connectivity index (χ1) is 6.27. The van der Waals surface area contributed by atoms with E-state index in [9.17, 15) is 4.79 Å². The molecule has 0 aromatic heterocycles. The smallest absolute Gasteiger partial charge is 0.120 e. The van der Waals surface area contributed by atoms with Crippen LogP contribution in [0.25, 0.3) is 0 Å². The summed E-state index contributed by atoms with van der Waals surface area (Å²) in [6.07, 6.45) is 2.39. The second kappa shape index (κ2) is 5.55. The van der Waals surface area contributed by atoms with Gasteiger partial charge in [-0.25, -0.2) is 0 Å². The van der Waals surface area contributed by atoms with Crippen LogP contribution in [0.2, 0.25) is 0 Å². The van der Waals surface area contributed by atoms with Crippen LogP contribution in [-0.4, -0.2) is 6.29 Å². The summed E-state index contributed by atoms with van der Waals surface area (Å²) >= 11 is 6.84. The van der Waals surface area contributed by atoms with E-state index in [2.05, 4.69) is 44.0 Å². The van der Waals surface area contributed by atoms with Crippen LogP contribution in [-0.2, 0) is 16.5 Å². The van der Waals surface area contributed by atoms with Crippen molar-refractivity contribution in [1.82, 2.24) is 0 Å². The Hall–Kier alpha value is -0.150. The van der Waals surface area contributed by atoms with Crippen molar-refractivity contribution in [3.63, 3.8) is 0 Å². The number of rotatable bonds is 4. The maximum atomic E-state index is 10.2. The lowest BCUT2D eigenvalue weighted by Gasteiger charge is -2.05. The van der Waals surface area contributed by atoms with E-state index in [1.807, 2.05) is 6.07 Å². The van der Waals surface area contributed by atoms with Gasteiger partial charge in [0.1, 0.15) is 6.29 Å². The number of carbonyl (C=O) groups excluding carboxylic acids is 1. The number of halogens is 2. The molecular weight excluding hydrogens is 296 g/mol. The van der Waals surface area contributed by atoms with Gasteiger partial charge >= 0.3 is 0 Å². The van der Waals surface area contributed by atoms with Crippen molar-refractivity contribution in [2.24, 2.45) is 0 Å². The van der Waals surface area contributed by atoms with Crippen LogP contribution >= 0.6 is 31.9 Å². The Bertz CT molecular complexity index is 297. The quantitative estimate of drug-likeness (QED) is 0.615. The number of carbonyl (C=O) groups is 1. The van der Waals surface area contributed by atoms with Crippen LogP contribution in [0.4, 0.5) is 0 Å². The lowest BCUT2D eigenvalue weighted by atomic mass is 10.0. The van der Waals surface area contributed by atoms with Crippen molar-refractivity contribution in [1.29, 1.82) is 0 Å². The highest BCUT2D eigenvalue weighted by molar-refractivity contribution is 9.10. The Morgan fingerprint density at radius 1 is 1.31 bits per heavy atom. The molecule has 0 saturated heterocycles. The topological polar surface area (TPSA) is 17.1 Å². The van der Waals surface area contributed by atoms with Gasteiger partial charge in [0.2, 0.25) is 0 Å². The lowest BCUT2D eigenvalue weighted by Crippen LogP contribution is -1.92. The molecule has 0 aliphatic rings. The second-order valence-electron chi connectivity index (χ2n) is 2.75. The van der Waals surface area contributed by atoms with Crippen molar-refractivity contribution in [3.05, 3.63) is 33.8 Å². The fraction of sp³-hybridized carbons (Fsp3) is 0.300. The van der Waals surface area contributed by atoms with Gasteiger partial charge in [0.05, 0.1) is 0 Å². The average molecular weight is 306 g/mol. The van der Waals surface area contributed by atoms with Gasteiger partial charge in [-0.05, 0) is 29.7 Å². The molecule has 1 nitrogen and oxygen atoms in total. The largest absolute Gasteiger partial charge is 0.303 e. The summed E-state index contributed by atoms with van der Waals surface area (Å²) in [7, 11) is 0. The van der Waals surface area contributed by atoms with Gasteiger partial charge in [-0.2, -0.15) is 0 Å². The third kappa shape index (κ3) is 3.24. The molecule has 0 amide bonds. The molecule has 0 unspecified atom stereocenters. The molecular formula is C10H10Br2O. The average Bonchev–Trinajstić information content (AvgIpc) is 2.16. The van der Waals surface area contributed by atoms with Gasteiger partial charge in [0.25, 0.3) is 0 Å². The van der Waals surface area contributed by atoms with Crippen molar-refractivity contribution >= 4 is 38.1 Å². The predicted octanol–water partition coefficient (Wildman–Crippen LogP) is 3.48. The standard InChI is InChI=1S/C10H10Br2O/c11-7-9-6-10(12)4-3-8(9)2-1-5-13/h3-6H,1-2,7H2. The van der Waals surface area contributed by atoms with Gasteiger partial charge in [0, 0.05) is 16.2 Å². The minimum atomic E-state index is 0.599. The number of aryl methyl sites for hydroxylation is 1. The summed E-state index contributed by atoms with van der Waals surface area (Å²) in [6.45, 7) is 0. The second-order valence-corrected chi connectivity index (χ2v) is 4.23. The summed E-state index contributed by atoms with van der Waals surface area (Å²) < 4.78 is 1.08. The predicted molar refractivity (Wildman–Crippen MR) is 61.2 cm³/mol. The van der Waals surface area contributed by atoms with Gasteiger partial charge in [0.15, 0.2) is 0 Å². The Labute approximate surface area is 94.8 Å². The Kier molecular flexibility index (Phi) is 4.67. The highest BCUT2D eigenvalue weighted by Gasteiger charge is 2.01. The number of benzene rings is 1. The SMILES string of the molecule is O=CCCc1ccc(Br)cc1CBr. The first-order valence-corrected chi connectivity index (χ1v) is 5.96. The summed E-state index contributed by atoms with van der Waals surface area (Å²) in [5, 5.41) is 0.834. The fourth-order valence-corrected chi connectivity index (χ4v) is 2.11. The Morgan fingerprint density at radius 3 is 2.69 bits per heavy atom. The van der Waals surface area contributed by atoms with E-state index in [-0.39, 0.29) is 0 Å². The van der Waals surface area contributed by atoms with Crippen LogP contribution in [0.5, 0.6) is 0 Å². The Morgan fingerprint density at radius 2 is 2.08 bits per heavy atom. The number of aldehydes is 1. The molecule has 1 aromatic rings. The van der Waals surface area contributed by atoms with E-state index >= 15 is 0 Å². The van der Waals surface area contributed by atoms with Gasteiger partial charge in [-0.3, -0.25) is 0 Å². The summed E-state index contributed by atoms with van der Waals surface area (Å²) in [5.74, 6) is 0. The summed E-state index contributed by atoms with van der Waals surface area (Å²) in [5.41, 5.74) is 2.49. The number of hydrogen-bond acceptors (Lipinski definition) is 1. The van der Waals surface area contributed by atoms with E-state index in [1.165, 1.54) is 11.1 Å². The van der Waals surface area contributed by atoms with Crippen molar-refractivity contribution < 1.29 is 4.79 Å². The molecule has 70 valence electrons. The lowest BCUT2D eigenvalue weighted by molar-refractivity contribution is -0.107. The maximum Gasteiger partial charge on any atom is 0.120 e. The summed E-state index contributed by atoms with van der Waals surface area (Å²) in [4.78, 5) is 10.2. The normalized spacial score (nSPS) is 10.0. The zero-order valence-corrected chi connectivity index (χ0v) is 10.3. The van der Waals surface area contributed by atoms with Gasteiger partial charge in [-0.15, -0.1) is 0 Å². The fourth-order valence-electron chi connectivity index (χ4n) is 1.18. The molecule has 1 rings (SSSR count). The first kappa shape index (κ1) is 10.9. The van der Waals surface area contributed by atoms with Gasteiger partial charge < -0.3 is 4.79 Å². The van der Waals surface area contributed by atoms with Crippen molar-refractivity contribution in [3.8, 4) is 0 Å². The minimum absolute atomic E-state index is 0.599. The molecule has 13 heavy (non-hydrogen) atoms. The monoisotopic (exact) mass is 304 g/mol. The zero-order valence-electron chi connectivity index (χ0n) is 7.09. The molecule has 1 aromatic carbocycles. The molecule has 0 spiro atoms. The van der Waals surface area contributed by atoms with Crippen molar-refractivity contribution in [2.75, 3.05) is 0 Å². The molecule has 0 heterocycles. The van der Waals surface area contributed by atoms with E-state index in [4.69, 9.17) is 0 Å². The van der Waals surface area contributed by atoms with E-state index in [0.29, 0.717) is 6.42 Å². The molecule has 0 radical (unpaired) electrons. The maximum absolute atomic E-state index is 10.2. The minimum Gasteiger partial charge on any atom is -0.303 e. The van der Waals surface area contributed by atoms with Crippen LogP contribution < -0.4 is 0 Å². The third-order valence-electron chi connectivity index (χ3n) is 1.84. The molecule has 0 fully saturated rings. The molecule has 0 aliphatic heterocycles. The van der Waals surface area contributed by atoms with Crippen LogP contribution in [0.1, 0.15) is 17.5 Å². The van der Waals surface area contributed by atoms with Gasteiger partial charge in [-0.1, -0.05) is 37.9 Å². The molecule has 0 aliphatic carbocycles. The first-order valence-electron chi connectivity index (χ1n) is 4.05. The van der Waals surface area contributed by atoms with Crippen LogP contribution in [0, 0.1) is 0 Å². The third-order valence-corrected chi connectivity index (χ3v) is 2.94. The molecule has 0 N–H and O–H groups in total. The highest BCUT2D eigenvalue weighted by atomic mass is 79.9.